The Balaban J connectivity index is 1.50. The highest BCUT2D eigenvalue weighted by Crippen LogP contribution is 2.29. The molecule has 0 aliphatic carbocycles. The summed E-state index contributed by atoms with van der Waals surface area (Å²) in [6, 6.07) is 6.07. The van der Waals surface area contributed by atoms with Gasteiger partial charge in [0, 0.05) is 31.3 Å². The quantitative estimate of drug-likeness (QED) is 0.849. The van der Waals surface area contributed by atoms with Crippen LogP contribution in [0.25, 0.3) is 0 Å². The molecule has 1 saturated heterocycles. The molecule has 2 aromatic carbocycles. The summed E-state index contributed by atoms with van der Waals surface area (Å²) in [7, 11) is 0. The van der Waals surface area contributed by atoms with Crippen molar-refractivity contribution in [1.82, 2.24) is 5.32 Å². The number of nitrogens with zero attached hydrogens (tertiary/aromatic N) is 1. The van der Waals surface area contributed by atoms with Crippen LogP contribution < -0.4 is 15.5 Å². The first-order valence-electron chi connectivity index (χ1n) is 9.00. The Morgan fingerprint density at radius 3 is 2.64 bits per heavy atom. The zero-order chi connectivity index (χ0) is 19.8. The molecule has 0 saturated carbocycles. The third-order valence-electron chi connectivity index (χ3n) is 5.12. The van der Waals surface area contributed by atoms with E-state index < -0.39 is 35.2 Å². The fraction of sp³-hybridized carbons (Fsp3) is 0.300. The van der Waals surface area contributed by atoms with Crippen molar-refractivity contribution in [3.63, 3.8) is 0 Å². The Morgan fingerprint density at radius 1 is 1.14 bits per heavy atom. The van der Waals surface area contributed by atoms with Crippen molar-refractivity contribution in [1.29, 1.82) is 0 Å². The lowest BCUT2D eigenvalue weighted by Gasteiger charge is -2.20. The van der Waals surface area contributed by atoms with Gasteiger partial charge in [0.05, 0.1) is 11.6 Å². The normalized spacial score (nSPS) is 18.9. The fourth-order valence-corrected chi connectivity index (χ4v) is 3.69. The van der Waals surface area contributed by atoms with Crippen LogP contribution in [-0.4, -0.2) is 24.9 Å². The zero-order valence-electron chi connectivity index (χ0n) is 14.9. The minimum atomic E-state index is -0.804. The molecular formula is C20H18F3N3O2. The summed E-state index contributed by atoms with van der Waals surface area (Å²) in [6.45, 7) is 1.22. The van der Waals surface area contributed by atoms with Crippen LogP contribution in [0.3, 0.4) is 0 Å². The van der Waals surface area contributed by atoms with E-state index in [9.17, 15) is 22.8 Å². The van der Waals surface area contributed by atoms with Crippen LogP contribution in [-0.2, 0) is 22.6 Å². The molecular weight excluding hydrogens is 371 g/mol. The molecule has 2 N–H and O–H groups in total. The van der Waals surface area contributed by atoms with Crippen molar-refractivity contribution >= 4 is 23.2 Å². The molecule has 1 atom stereocenters. The number of hydrogen-bond donors (Lipinski definition) is 2. The second kappa shape index (κ2) is 7.27. The van der Waals surface area contributed by atoms with Gasteiger partial charge in [-0.15, -0.1) is 0 Å². The summed E-state index contributed by atoms with van der Waals surface area (Å²) in [5.41, 5.74) is 1.58. The number of fused-ring (bicyclic) bond motifs is 1. The minimum Gasteiger partial charge on any atom is -0.323 e. The molecule has 5 nitrogen and oxygen atoms in total. The van der Waals surface area contributed by atoms with E-state index in [-0.39, 0.29) is 24.3 Å². The summed E-state index contributed by atoms with van der Waals surface area (Å²) in [6.07, 6.45) is 0.423. The van der Waals surface area contributed by atoms with E-state index in [4.69, 9.17) is 0 Å². The Labute approximate surface area is 159 Å². The topological polar surface area (TPSA) is 61.4 Å². The van der Waals surface area contributed by atoms with Gasteiger partial charge in [0.1, 0.15) is 17.5 Å². The fourth-order valence-electron chi connectivity index (χ4n) is 3.69. The number of carbonyl (C=O) groups excluding carboxylic acids is 2. The second-order valence-electron chi connectivity index (χ2n) is 7.01. The van der Waals surface area contributed by atoms with Gasteiger partial charge < -0.3 is 15.5 Å². The number of halogens is 3. The van der Waals surface area contributed by atoms with Gasteiger partial charge in [0.25, 0.3) is 0 Å². The number of benzene rings is 2. The first kappa shape index (κ1) is 18.5. The van der Waals surface area contributed by atoms with E-state index in [0.717, 1.165) is 17.7 Å². The number of anilines is 2. The Kier molecular flexibility index (Phi) is 4.80. The smallest absolute Gasteiger partial charge is 0.229 e. The highest BCUT2D eigenvalue weighted by molar-refractivity contribution is 6.03. The molecule has 146 valence electrons. The van der Waals surface area contributed by atoms with E-state index in [2.05, 4.69) is 10.6 Å². The predicted octanol–water partition coefficient (Wildman–Crippen LogP) is 2.74. The van der Waals surface area contributed by atoms with Gasteiger partial charge in [-0.05, 0) is 42.3 Å². The number of amides is 2. The third kappa shape index (κ3) is 3.47. The molecule has 2 heterocycles. The predicted molar refractivity (Wildman–Crippen MR) is 97.3 cm³/mol. The maximum atomic E-state index is 14.7. The number of nitrogens with one attached hydrogen (secondary N) is 2. The van der Waals surface area contributed by atoms with Crippen molar-refractivity contribution in [3.05, 3.63) is 58.9 Å². The van der Waals surface area contributed by atoms with Crippen LogP contribution in [0, 0.1) is 23.4 Å². The molecule has 1 unspecified atom stereocenters. The Bertz CT molecular complexity index is 944. The highest BCUT2D eigenvalue weighted by Gasteiger charge is 2.36. The second-order valence-corrected chi connectivity index (χ2v) is 7.01. The molecule has 28 heavy (non-hydrogen) atoms. The summed E-state index contributed by atoms with van der Waals surface area (Å²) in [5, 5.41) is 5.71. The largest absolute Gasteiger partial charge is 0.323 e. The molecule has 2 aromatic rings. The van der Waals surface area contributed by atoms with Gasteiger partial charge in [-0.25, -0.2) is 13.2 Å². The van der Waals surface area contributed by atoms with Crippen molar-refractivity contribution in [2.75, 3.05) is 23.3 Å². The number of rotatable bonds is 3. The van der Waals surface area contributed by atoms with Gasteiger partial charge in [-0.1, -0.05) is 6.07 Å². The molecule has 0 spiro atoms. The van der Waals surface area contributed by atoms with Gasteiger partial charge in [-0.2, -0.15) is 0 Å². The van der Waals surface area contributed by atoms with E-state index >= 15 is 0 Å². The average Bonchev–Trinajstić information content (AvgIpc) is 3.05. The lowest BCUT2D eigenvalue weighted by molar-refractivity contribution is -0.122. The zero-order valence-corrected chi connectivity index (χ0v) is 14.9. The summed E-state index contributed by atoms with van der Waals surface area (Å²) >= 11 is 0. The first-order chi connectivity index (χ1) is 13.4. The third-order valence-corrected chi connectivity index (χ3v) is 5.12. The lowest BCUT2D eigenvalue weighted by Crippen LogP contribution is -2.29. The SMILES string of the molecule is O=C(Nc1ccc2c(c1F)CCNC2)C1CC(=O)N(c2cc(F)cc(F)c2)C1. The average molecular weight is 389 g/mol. The highest BCUT2D eigenvalue weighted by atomic mass is 19.1. The van der Waals surface area contributed by atoms with Gasteiger partial charge in [-0.3, -0.25) is 9.59 Å². The van der Waals surface area contributed by atoms with E-state index in [1.54, 1.807) is 6.07 Å². The van der Waals surface area contributed by atoms with Crippen molar-refractivity contribution in [2.24, 2.45) is 5.92 Å². The van der Waals surface area contributed by atoms with E-state index in [0.29, 0.717) is 31.1 Å². The number of hydrogen-bond acceptors (Lipinski definition) is 3. The summed E-state index contributed by atoms with van der Waals surface area (Å²) < 4.78 is 41.6. The maximum Gasteiger partial charge on any atom is 0.229 e. The minimum absolute atomic E-state index is 0.0238. The van der Waals surface area contributed by atoms with Gasteiger partial charge in [0.15, 0.2) is 0 Å². The van der Waals surface area contributed by atoms with Crippen molar-refractivity contribution < 1.29 is 22.8 Å². The molecule has 0 bridgehead atoms. The van der Waals surface area contributed by atoms with Crippen molar-refractivity contribution in [3.8, 4) is 0 Å². The van der Waals surface area contributed by atoms with Gasteiger partial charge >= 0.3 is 0 Å². The van der Waals surface area contributed by atoms with Gasteiger partial charge in [0.2, 0.25) is 11.8 Å². The maximum absolute atomic E-state index is 14.7. The van der Waals surface area contributed by atoms with Crippen LogP contribution >= 0.6 is 0 Å². The molecule has 2 aliphatic heterocycles. The van der Waals surface area contributed by atoms with Crippen LogP contribution in [0.15, 0.2) is 30.3 Å². The van der Waals surface area contributed by atoms with E-state index in [1.165, 1.54) is 11.0 Å². The molecule has 2 amide bonds. The summed E-state index contributed by atoms with van der Waals surface area (Å²) in [4.78, 5) is 26.0. The monoisotopic (exact) mass is 389 g/mol. The summed E-state index contributed by atoms with van der Waals surface area (Å²) in [5.74, 6) is -3.72. The van der Waals surface area contributed by atoms with Crippen LogP contribution in [0.2, 0.25) is 0 Å². The Morgan fingerprint density at radius 2 is 1.89 bits per heavy atom. The molecule has 4 rings (SSSR count). The Hall–Kier alpha value is -2.87. The molecule has 2 aliphatic rings. The molecule has 1 fully saturated rings. The number of carbonyl (C=O) groups is 2. The standard InChI is InChI=1S/C20H18F3N3O2/c21-13-6-14(22)8-15(7-13)26-10-12(5-18(26)27)20(28)25-17-2-1-11-9-24-4-3-16(11)19(17)23/h1-2,6-8,12,24H,3-5,9-10H2,(H,25,28). The van der Waals surface area contributed by atoms with E-state index in [1.807, 2.05) is 0 Å². The first-order valence-corrected chi connectivity index (χ1v) is 9.00. The van der Waals surface area contributed by atoms with Crippen LogP contribution in [0.1, 0.15) is 17.5 Å². The molecule has 0 radical (unpaired) electrons. The van der Waals surface area contributed by atoms with Crippen LogP contribution in [0.4, 0.5) is 24.5 Å². The molecule has 0 aromatic heterocycles. The van der Waals surface area contributed by atoms with Crippen molar-refractivity contribution in [2.45, 2.75) is 19.4 Å². The molecule has 8 heteroatoms. The van der Waals surface area contributed by atoms with Crippen LogP contribution in [0.5, 0.6) is 0 Å². The lowest BCUT2D eigenvalue weighted by atomic mass is 9.99.